The molecular formula is C22H17N. The summed E-state index contributed by atoms with van der Waals surface area (Å²) in [5, 5.41) is 2.55. The van der Waals surface area contributed by atoms with Crippen molar-refractivity contribution >= 4 is 10.8 Å². The van der Waals surface area contributed by atoms with Gasteiger partial charge in [-0.1, -0.05) is 66.2 Å². The van der Waals surface area contributed by atoms with Crippen LogP contribution in [0.15, 0.2) is 85.1 Å². The molecular weight excluding hydrogens is 278 g/mol. The Labute approximate surface area is 136 Å². The van der Waals surface area contributed by atoms with Gasteiger partial charge in [0.05, 0.1) is 5.69 Å². The molecule has 0 atom stereocenters. The molecule has 4 rings (SSSR count). The first kappa shape index (κ1) is 13.7. The Morgan fingerprint density at radius 2 is 1.35 bits per heavy atom. The maximum atomic E-state index is 4.51. The molecule has 0 spiro atoms. The first-order valence-corrected chi connectivity index (χ1v) is 7.82. The fourth-order valence-electron chi connectivity index (χ4n) is 2.92. The Kier molecular flexibility index (Phi) is 3.39. The zero-order valence-electron chi connectivity index (χ0n) is 13.0. The molecule has 23 heavy (non-hydrogen) atoms. The molecule has 0 N–H and O–H groups in total. The minimum absolute atomic E-state index is 1.01. The molecule has 0 bridgehead atoms. The number of benzene rings is 3. The van der Waals surface area contributed by atoms with Gasteiger partial charge in [-0.25, -0.2) is 0 Å². The van der Waals surface area contributed by atoms with E-state index in [-0.39, 0.29) is 0 Å². The number of aromatic nitrogens is 1. The summed E-state index contributed by atoms with van der Waals surface area (Å²) >= 11 is 0. The molecule has 0 aliphatic rings. The lowest BCUT2D eigenvalue weighted by Gasteiger charge is -2.07. The van der Waals surface area contributed by atoms with Crippen molar-refractivity contribution in [2.45, 2.75) is 6.92 Å². The number of aryl methyl sites for hydroxylation is 1. The van der Waals surface area contributed by atoms with Crippen LogP contribution in [0, 0.1) is 6.92 Å². The SMILES string of the molecule is Cc1ccc2cc(-c3ccnc(-c4ccccc4)c3)ccc2c1. The summed E-state index contributed by atoms with van der Waals surface area (Å²) in [6.45, 7) is 2.13. The van der Waals surface area contributed by atoms with Crippen LogP contribution in [0.2, 0.25) is 0 Å². The molecule has 1 heteroatoms. The van der Waals surface area contributed by atoms with Crippen LogP contribution in [0.4, 0.5) is 0 Å². The summed E-state index contributed by atoms with van der Waals surface area (Å²) in [7, 11) is 0. The van der Waals surface area contributed by atoms with Crippen LogP contribution >= 0.6 is 0 Å². The number of hydrogen-bond donors (Lipinski definition) is 0. The molecule has 1 nitrogen and oxygen atoms in total. The summed E-state index contributed by atoms with van der Waals surface area (Å²) in [5.74, 6) is 0. The molecule has 0 saturated carbocycles. The predicted octanol–water partition coefficient (Wildman–Crippen LogP) is 5.88. The Morgan fingerprint density at radius 3 is 2.22 bits per heavy atom. The second-order valence-electron chi connectivity index (χ2n) is 5.86. The largest absolute Gasteiger partial charge is 0.256 e. The van der Waals surface area contributed by atoms with E-state index in [1.54, 1.807) is 0 Å². The van der Waals surface area contributed by atoms with E-state index in [1.165, 1.54) is 27.5 Å². The number of hydrogen-bond acceptors (Lipinski definition) is 1. The van der Waals surface area contributed by atoms with E-state index >= 15 is 0 Å². The molecule has 4 aromatic rings. The highest BCUT2D eigenvalue weighted by Crippen LogP contribution is 2.27. The van der Waals surface area contributed by atoms with Crippen molar-refractivity contribution in [2.24, 2.45) is 0 Å². The van der Waals surface area contributed by atoms with Crippen molar-refractivity contribution in [3.05, 3.63) is 90.6 Å². The summed E-state index contributed by atoms with van der Waals surface area (Å²) in [6.07, 6.45) is 1.89. The molecule has 1 aromatic heterocycles. The van der Waals surface area contributed by atoms with Crippen molar-refractivity contribution in [1.82, 2.24) is 4.98 Å². The van der Waals surface area contributed by atoms with Crippen molar-refractivity contribution in [3.8, 4) is 22.4 Å². The van der Waals surface area contributed by atoms with Gasteiger partial charge in [0.2, 0.25) is 0 Å². The lowest BCUT2D eigenvalue weighted by Crippen LogP contribution is -1.85. The molecule has 0 radical (unpaired) electrons. The topological polar surface area (TPSA) is 12.9 Å². The minimum atomic E-state index is 1.01. The average molecular weight is 295 g/mol. The van der Waals surface area contributed by atoms with E-state index in [2.05, 4.69) is 72.6 Å². The van der Waals surface area contributed by atoms with Gasteiger partial charge in [-0.3, -0.25) is 4.98 Å². The number of rotatable bonds is 2. The van der Waals surface area contributed by atoms with E-state index < -0.39 is 0 Å². The predicted molar refractivity (Wildman–Crippen MR) is 97.4 cm³/mol. The fraction of sp³-hybridized carbons (Fsp3) is 0.0455. The number of pyridine rings is 1. The van der Waals surface area contributed by atoms with Crippen molar-refractivity contribution in [3.63, 3.8) is 0 Å². The first-order chi connectivity index (χ1) is 11.3. The van der Waals surface area contributed by atoms with Gasteiger partial charge < -0.3 is 0 Å². The zero-order chi connectivity index (χ0) is 15.6. The molecule has 1 heterocycles. The van der Waals surface area contributed by atoms with Crippen molar-refractivity contribution < 1.29 is 0 Å². The van der Waals surface area contributed by atoms with Gasteiger partial charge >= 0.3 is 0 Å². The van der Waals surface area contributed by atoms with Gasteiger partial charge in [0, 0.05) is 11.8 Å². The van der Waals surface area contributed by atoms with E-state index in [1.807, 2.05) is 24.4 Å². The second-order valence-corrected chi connectivity index (χ2v) is 5.86. The van der Waals surface area contributed by atoms with Crippen LogP contribution in [-0.4, -0.2) is 4.98 Å². The van der Waals surface area contributed by atoms with Crippen LogP contribution in [0.1, 0.15) is 5.56 Å². The Balaban J connectivity index is 1.80. The van der Waals surface area contributed by atoms with Crippen LogP contribution < -0.4 is 0 Å². The van der Waals surface area contributed by atoms with Crippen LogP contribution in [-0.2, 0) is 0 Å². The fourth-order valence-corrected chi connectivity index (χ4v) is 2.92. The third-order valence-corrected chi connectivity index (χ3v) is 4.16. The quantitative estimate of drug-likeness (QED) is 0.450. The van der Waals surface area contributed by atoms with Gasteiger partial charge in [0.1, 0.15) is 0 Å². The Hall–Kier alpha value is -2.93. The smallest absolute Gasteiger partial charge is 0.0708 e. The molecule has 0 aliphatic carbocycles. The monoisotopic (exact) mass is 295 g/mol. The molecule has 110 valence electrons. The lowest BCUT2D eigenvalue weighted by atomic mass is 9.99. The Morgan fingerprint density at radius 1 is 0.609 bits per heavy atom. The van der Waals surface area contributed by atoms with Gasteiger partial charge in [-0.05, 0) is 47.0 Å². The zero-order valence-corrected chi connectivity index (χ0v) is 13.0. The normalized spacial score (nSPS) is 10.8. The third-order valence-electron chi connectivity index (χ3n) is 4.16. The van der Waals surface area contributed by atoms with E-state index in [9.17, 15) is 0 Å². The summed E-state index contributed by atoms with van der Waals surface area (Å²) in [6, 6.07) is 27.7. The van der Waals surface area contributed by atoms with E-state index in [0.717, 1.165) is 11.3 Å². The average Bonchev–Trinajstić information content (AvgIpc) is 2.62. The molecule has 0 fully saturated rings. The molecule has 0 unspecified atom stereocenters. The van der Waals surface area contributed by atoms with Gasteiger partial charge in [-0.15, -0.1) is 0 Å². The van der Waals surface area contributed by atoms with Gasteiger partial charge in [0.15, 0.2) is 0 Å². The molecule has 0 saturated heterocycles. The molecule has 0 amide bonds. The lowest BCUT2D eigenvalue weighted by molar-refractivity contribution is 1.33. The van der Waals surface area contributed by atoms with Crippen LogP contribution in [0.5, 0.6) is 0 Å². The summed E-state index contributed by atoms with van der Waals surface area (Å²) < 4.78 is 0. The third kappa shape index (κ3) is 2.74. The maximum Gasteiger partial charge on any atom is 0.0708 e. The van der Waals surface area contributed by atoms with Gasteiger partial charge in [-0.2, -0.15) is 0 Å². The van der Waals surface area contributed by atoms with E-state index in [4.69, 9.17) is 0 Å². The maximum absolute atomic E-state index is 4.51. The summed E-state index contributed by atoms with van der Waals surface area (Å²) in [4.78, 5) is 4.51. The molecule has 0 aliphatic heterocycles. The number of nitrogens with zero attached hydrogens (tertiary/aromatic N) is 1. The van der Waals surface area contributed by atoms with Crippen molar-refractivity contribution in [1.29, 1.82) is 0 Å². The Bertz CT molecular complexity index is 971. The highest BCUT2D eigenvalue weighted by atomic mass is 14.7. The van der Waals surface area contributed by atoms with Crippen LogP contribution in [0.25, 0.3) is 33.2 Å². The first-order valence-electron chi connectivity index (χ1n) is 7.82. The molecule has 3 aromatic carbocycles. The van der Waals surface area contributed by atoms with E-state index in [0.29, 0.717) is 0 Å². The highest BCUT2D eigenvalue weighted by Gasteiger charge is 2.04. The number of fused-ring (bicyclic) bond motifs is 1. The summed E-state index contributed by atoms with van der Waals surface area (Å²) in [5.41, 5.74) is 5.86. The highest BCUT2D eigenvalue weighted by molar-refractivity contribution is 5.88. The standard InChI is InChI=1S/C22H17N/c1-16-7-8-19-14-20(10-9-18(19)13-16)21-11-12-23-22(15-21)17-5-3-2-4-6-17/h2-15H,1H3. The van der Waals surface area contributed by atoms with Crippen LogP contribution in [0.3, 0.4) is 0 Å². The second kappa shape index (κ2) is 5.69. The minimum Gasteiger partial charge on any atom is -0.256 e. The van der Waals surface area contributed by atoms with Crippen molar-refractivity contribution in [2.75, 3.05) is 0 Å². The van der Waals surface area contributed by atoms with Gasteiger partial charge in [0.25, 0.3) is 0 Å².